The maximum Gasteiger partial charge on any atom is 0.337 e. The fourth-order valence-corrected chi connectivity index (χ4v) is 3.28. The Morgan fingerprint density at radius 1 is 1.40 bits per heavy atom. The topological polar surface area (TPSA) is 44.8 Å². The number of hydrogen-bond donors (Lipinski definition) is 0. The number of esters is 1. The van der Waals surface area contributed by atoms with Gasteiger partial charge in [-0.15, -0.1) is 0 Å². The first-order valence-electron chi connectivity index (χ1n) is 6.68. The summed E-state index contributed by atoms with van der Waals surface area (Å²) in [6.45, 7) is 9.52. The SMILES string of the molecule is C=CC(=O)OC(C)O[Si](C)(CC)OCc1ccccc1. The molecule has 0 bridgehead atoms. The Kier molecular flexibility index (Phi) is 6.64. The average Bonchev–Trinajstić information content (AvgIpc) is 2.46. The van der Waals surface area contributed by atoms with Gasteiger partial charge in [-0.3, -0.25) is 0 Å². The lowest BCUT2D eigenvalue weighted by molar-refractivity contribution is -0.157. The molecular formula is C15H22O4Si. The quantitative estimate of drug-likeness (QED) is 0.319. The first-order valence-corrected chi connectivity index (χ1v) is 9.20. The standard InChI is InChI=1S/C15H22O4Si/c1-5-15(16)18-13(3)19-20(4,6-2)17-12-14-10-8-7-9-11-14/h5,7-11,13H,1,6,12H2,2-4H3. The number of carbonyl (C=O) groups excluding carboxylic acids is 1. The van der Waals surface area contributed by atoms with Gasteiger partial charge < -0.3 is 13.6 Å². The highest BCUT2D eigenvalue weighted by atomic mass is 28.4. The fraction of sp³-hybridized carbons (Fsp3) is 0.400. The molecule has 0 N–H and O–H groups in total. The van der Waals surface area contributed by atoms with E-state index < -0.39 is 20.8 Å². The molecule has 0 aliphatic heterocycles. The molecule has 2 unspecified atom stereocenters. The highest BCUT2D eigenvalue weighted by Gasteiger charge is 2.32. The monoisotopic (exact) mass is 294 g/mol. The summed E-state index contributed by atoms with van der Waals surface area (Å²) in [7, 11) is -2.36. The van der Waals surface area contributed by atoms with Gasteiger partial charge in [0.2, 0.25) is 0 Å². The predicted octanol–water partition coefficient (Wildman–Crippen LogP) is 3.39. The minimum atomic E-state index is -2.36. The van der Waals surface area contributed by atoms with E-state index in [0.29, 0.717) is 6.61 Å². The third kappa shape index (κ3) is 5.69. The number of benzene rings is 1. The Labute approximate surface area is 121 Å². The third-order valence-electron chi connectivity index (χ3n) is 2.89. The number of rotatable bonds is 8. The Morgan fingerprint density at radius 3 is 2.60 bits per heavy atom. The fourth-order valence-electron chi connectivity index (χ4n) is 1.62. The van der Waals surface area contributed by atoms with Crippen molar-refractivity contribution in [3.05, 3.63) is 48.6 Å². The van der Waals surface area contributed by atoms with Crippen LogP contribution in [0.25, 0.3) is 0 Å². The zero-order valence-corrected chi connectivity index (χ0v) is 13.3. The van der Waals surface area contributed by atoms with Gasteiger partial charge in [0.05, 0.1) is 6.61 Å². The lowest BCUT2D eigenvalue weighted by Crippen LogP contribution is -2.41. The van der Waals surface area contributed by atoms with Crippen LogP contribution in [-0.4, -0.2) is 20.8 Å². The summed E-state index contributed by atoms with van der Waals surface area (Å²) in [6, 6.07) is 10.7. The Hall–Kier alpha value is -1.43. The molecular weight excluding hydrogens is 272 g/mol. The first-order chi connectivity index (χ1) is 9.49. The van der Waals surface area contributed by atoms with E-state index >= 15 is 0 Å². The third-order valence-corrected chi connectivity index (χ3v) is 5.76. The molecule has 20 heavy (non-hydrogen) atoms. The molecule has 5 heteroatoms. The van der Waals surface area contributed by atoms with Crippen molar-refractivity contribution in [1.82, 2.24) is 0 Å². The average molecular weight is 294 g/mol. The van der Waals surface area contributed by atoms with Crippen LogP contribution in [-0.2, 0) is 25.0 Å². The summed E-state index contributed by atoms with van der Waals surface area (Å²) < 4.78 is 16.8. The van der Waals surface area contributed by atoms with E-state index in [-0.39, 0.29) is 0 Å². The minimum Gasteiger partial charge on any atom is -0.434 e. The van der Waals surface area contributed by atoms with Crippen molar-refractivity contribution >= 4 is 14.5 Å². The Balaban J connectivity index is 2.53. The van der Waals surface area contributed by atoms with E-state index in [2.05, 4.69) is 6.58 Å². The maximum atomic E-state index is 11.1. The van der Waals surface area contributed by atoms with Crippen molar-refractivity contribution < 1.29 is 18.4 Å². The van der Waals surface area contributed by atoms with Crippen LogP contribution in [0.3, 0.4) is 0 Å². The molecule has 0 aliphatic carbocycles. The highest BCUT2D eigenvalue weighted by Crippen LogP contribution is 2.18. The van der Waals surface area contributed by atoms with E-state index in [1.807, 2.05) is 43.8 Å². The zero-order chi connectivity index (χ0) is 15.0. The predicted molar refractivity (Wildman–Crippen MR) is 80.2 cm³/mol. The molecule has 0 aromatic heterocycles. The van der Waals surface area contributed by atoms with Gasteiger partial charge in [-0.05, 0) is 25.1 Å². The largest absolute Gasteiger partial charge is 0.434 e. The second-order valence-electron chi connectivity index (χ2n) is 4.59. The van der Waals surface area contributed by atoms with Gasteiger partial charge in [0, 0.05) is 6.08 Å². The molecule has 0 saturated heterocycles. The zero-order valence-electron chi connectivity index (χ0n) is 12.3. The second-order valence-corrected chi connectivity index (χ2v) is 8.09. The summed E-state index contributed by atoms with van der Waals surface area (Å²) in [5.41, 5.74) is 1.10. The van der Waals surface area contributed by atoms with E-state index in [9.17, 15) is 4.79 Å². The van der Waals surface area contributed by atoms with Gasteiger partial charge in [0.1, 0.15) is 0 Å². The number of hydrogen-bond acceptors (Lipinski definition) is 4. The molecule has 110 valence electrons. The lowest BCUT2D eigenvalue weighted by atomic mass is 10.2. The van der Waals surface area contributed by atoms with Crippen molar-refractivity contribution in [2.24, 2.45) is 0 Å². The lowest BCUT2D eigenvalue weighted by Gasteiger charge is -2.28. The van der Waals surface area contributed by atoms with Gasteiger partial charge in [-0.1, -0.05) is 43.8 Å². The maximum absolute atomic E-state index is 11.1. The van der Waals surface area contributed by atoms with Crippen molar-refractivity contribution in [2.45, 2.75) is 39.3 Å². The van der Waals surface area contributed by atoms with Crippen molar-refractivity contribution in [1.29, 1.82) is 0 Å². The molecule has 0 amide bonds. The molecule has 1 aromatic rings. The minimum absolute atomic E-state index is 0.493. The summed E-state index contributed by atoms with van der Waals surface area (Å²) >= 11 is 0. The van der Waals surface area contributed by atoms with Crippen LogP contribution in [0.2, 0.25) is 12.6 Å². The molecule has 0 aliphatic rings. The normalized spacial score (nSPS) is 15.2. The molecule has 0 fully saturated rings. The molecule has 0 heterocycles. The molecule has 4 nitrogen and oxygen atoms in total. The van der Waals surface area contributed by atoms with E-state index in [1.54, 1.807) is 6.92 Å². The van der Waals surface area contributed by atoms with Gasteiger partial charge in [-0.2, -0.15) is 0 Å². The molecule has 0 radical (unpaired) electrons. The van der Waals surface area contributed by atoms with Gasteiger partial charge >= 0.3 is 14.5 Å². The Morgan fingerprint density at radius 2 is 2.05 bits per heavy atom. The summed E-state index contributed by atoms with van der Waals surface area (Å²) in [5.74, 6) is -0.493. The highest BCUT2D eigenvalue weighted by molar-refractivity contribution is 6.65. The molecule has 1 rings (SSSR count). The Bertz CT molecular complexity index is 435. The van der Waals surface area contributed by atoms with Crippen molar-refractivity contribution in [2.75, 3.05) is 0 Å². The van der Waals surface area contributed by atoms with Crippen LogP contribution < -0.4 is 0 Å². The summed E-state index contributed by atoms with van der Waals surface area (Å²) in [5, 5.41) is 0. The van der Waals surface area contributed by atoms with Gasteiger partial charge in [-0.25, -0.2) is 4.79 Å². The van der Waals surface area contributed by atoms with Crippen molar-refractivity contribution in [3.63, 3.8) is 0 Å². The smallest absolute Gasteiger partial charge is 0.337 e. The number of ether oxygens (including phenoxy) is 1. The molecule has 2 atom stereocenters. The van der Waals surface area contributed by atoms with Crippen LogP contribution in [0.1, 0.15) is 19.4 Å². The molecule has 0 saturated carbocycles. The van der Waals surface area contributed by atoms with Gasteiger partial charge in [0.15, 0.2) is 6.29 Å². The second kappa shape index (κ2) is 7.99. The van der Waals surface area contributed by atoms with E-state index in [4.69, 9.17) is 13.6 Å². The van der Waals surface area contributed by atoms with Crippen LogP contribution in [0.4, 0.5) is 0 Å². The summed E-state index contributed by atoms with van der Waals surface area (Å²) in [6.07, 6.45) is 0.489. The van der Waals surface area contributed by atoms with Gasteiger partial charge in [0.25, 0.3) is 0 Å². The van der Waals surface area contributed by atoms with Crippen LogP contribution in [0.5, 0.6) is 0 Å². The van der Waals surface area contributed by atoms with E-state index in [1.165, 1.54) is 0 Å². The molecule has 1 aromatic carbocycles. The van der Waals surface area contributed by atoms with E-state index in [0.717, 1.165) is 17.7 Å². The van der Waals surface area contributed by atoms with Crippen molar-refractivity contribution in [3.8, 4) is 0 Å². The summed E-state index contributed by atoms with van der Waals surface area (Å²) in [4.78, 5) is 11.1. The first kappa shape index (κ1) is 16.6. The van der Waals surface area contributed by atoms with Crippen LogP contribution >= 0.6 is 0 Å². The van der Waals surface area contributed by atoms with Crippen LogP contribution in [0, 0.1) is 0 Å². The molecule has 0 spiro atoms. The number of carbonyl (C=O) groups is 1. The van der Waals surface area contributed by atoms with Crippen LogP contribution in [0.15, 0.2) is 43.0 Å².